The monoisotopic (exact) mass is 422 g/mol. The first-order valence-corrected chi connectivity index (χ1v) is 8.04. The Morgan fingerprint density at radius 1 is 0.913 bits per heavy atom. The third-order valence-electron chi connectivity index (χ3n) is 3.36. The third-order valence-corrected chi connectivity index (χ3v) is 4.16. The van der Waals surface area contributed by atoms with Crippen molar-refractivity contribution >= 4 is 33.9 Å². The molecule has 4 aromatic rings. The van der Waals surface area contributed by atoms with E-state index in [0.29, 0.717) is 0 Å². The van der Waals surface area contributed by atoms with Crippen molar-refractivity contribution < 1.29 is 10.2 Å². The molecule has 0 aliphatic rings. The number of aromatic nitrogens is 4. The van der Waals surface area contributed by atoms with Gasteiger partial charge in [-0.25, -0.2) is 9.97 Å². The first-order valence-electron chi connectivity index (χ1n) is 6.96. The van der Waals surface area contributed by atoms with Crippen molar-refractivity contribution in [2.24, 2.45) is 0 Å². The van der Waals surface area contributed by atoms with Gasteiger partial charge < -0.3 is 14.6 Å². The second-order valence-corrected chi connectivity index (χ2v) is 5.99. The molecule has 0 saturated carbocycles. The molecule has 0 aliphatic carbocycles. The Balaban J connectivity index is 0.000000136. The number of imidazole rings is 2. The average Bonchev–Trinajstić information content (AvgIpc) is 3.21. The summed E-state index contributed by atoms with van der Waals surface area (Å²) in [7, 11) is 0. The number of halogens is 1. The fourth-order valence-corrected chi connectivity index (χ4v) is 2.69. The van der Waals surface area contributed by atoms with Gasteiger partial charge in [-0.05, 0) is 58.0 Å². The molecule has 0 aliphatic heterocycles. The Bertz CT molecular complexity index is 932. The van der Waals surface area contributed by atoms with Crippen LogP contribution in [0.1, 0.15) is 11.1 Å². The van der Waals surface area contributed by atoms with Crippen LogP contribution in [0.5, 0.6) is 0 Å². The van der Waals surface area contributed by atoms with Gasteiger partial charge in [-0.2, -0.15) is 0 Å². The summed E-state index contributed by atoms with van der Waals surface area (Å²) >= 11 is 2.22. The van der Waals surface area contributed by atoms with Gasteiger partial charge in [-0.1, -0.05) is 0 Å². The molecule has 0 fully saturated rings. The Morgan fingerprint density at radius 3 is 2.35 bits per heavy atom. The van der Waals surface area contributed by atoms with Gasteiger partial charge in [0.15, 0.2) is 0 Å². The summed E-state index contributed by atoms with van der Waals surface area (Å²) < 4.78 is 4.95. The fraction of sp³-hybridized carbons (Fsp3) is 0.125. The predicted molar refractivity (Wildman–Crippen MR) is 94.9 cm³/mol. The van der Waals surface area contributed by atoms with Crippen LogP contribution in [0.15, 0.2) is 55.2 Å². The van der Waals surface area contributed by atoms with Crippen LogP contribution < -0.4 is 0 Å². The summed E-state index contributed by atoms with van der Waals surface area (Å²) in [4.78, 5) is 8.25. The first kappa shape index (κ1) is 15.9. The molecule has 0 amide bonds. The van der Waals surface area contributed by atoms with E-state index in [2.05, 4.69) is 32.6 Å². The van der Waals surface area contributed by atoms with Gasteiger partial charge in [0.2, 0.25) is 0 Å². The zero-order valence-corrected chi connectivity index (χ0v) is 14.3. The molecule has 0 atom stereocenters. The molecule has 0 unspecified atom stereocenters. The number of nitrogens with zero attached hydrogens (tertiary/aromatic N) is 4. The van der Waals surface area contributed by atoms with Crippen LogP contribution in [0.25, 0.3) is 11.3 Å². The van der Waals surface area contributed by atoms with Crippen LogP contribution in [0.2, 0.25) is 0 Å². The van der Waals surface area contributed by atoms with Crippen LogP contribution in [-0.4, -0.2) is 29.0 Å². The lowest BCUT2D eigenvalue weighted by molar-refractivity contribution is 0.281. The van der Waals surface area contributed by atoms with Crippen molar-refractivity contribution in [3.8, 4) is 0 Å². The van der Waals surface area contributed by atoms with E-state index in [4.69, 9.17) is 10.2 Å². The van der Waals surface area contributed by atoms with Gasteiger partial charge in [0.05, 0.1) is 19.4 Å². The van der Waals surface area contributed by atoms with Crippen LogP contribution in [0.4, 0.5) is 0 Å². The van der Waals surface area contributed by atoms with Crippen LogP contribution in [-0.2, 0) is 13.2 Å². The topological polar surface area (TPSA) is 75.1 Å². The Kier molecular flexibility index (Phi) is 4.89. The molecular formula is C16H15IN4O2. The lowest BCUT2D eigenvalue weighted by Gasteiger charge is -1.97. The van der Waals surface area contributed by atoms with E-state index in [1.165, 1.54) is 0 Å². The number of pyridine rings is 2. The second kappa shape index (κ2) is 7.07. The standard InChI is InChI=1S/C8H7IN2O.C8H8N2O/c9-7-4-10-8-3-6(5-12)1-2-11(7)8;11-6-7-1-3-10-4-2-9-8(10)5-7/h1-4,12H,5H2;1-5,11H,6H2. The van der Waals surface area contributed by atoms with Gasteiger partial charge >= 0.3 is 0 Å². The Labute approximate surface area is 146 Å². The number of hydrogen-bond acceptors (Lipinski definition) is 4. The van der Waals surface area contributed by atoms with Crippen molar-refractivity contribution in [2.75, 3.05) is 0 Å². The van der Waals surface area contributed by atoms with E-state index in [-0.39, 0.29) is 13.2 Å². The molecule has 2 N–H and O–H groups in total. The first-order chi connectivity index (χ1) is 11.2. The zero-order valence-electron chi connectivity index (χ0n) is 12.2. The third kappa shape index (κ3) is 3.52. The van der Waals surface area contributed by atoms with Crippen molar-refractivity contribution in [3.63, 3.8) is 0 Å². The van der Waals surface area contributed by atoms with Crippen LogP contribution >= 0.6 is 22.6 Å². The molecular weight excluding hydrogens is 407 g/mol. The Morgan fingerprint density at radius 2 is 1.61 bits per heavy atom. The number of aliphatic hydroxyl groups excluding tert-OH is 2. The molecule has 4 aromatic heterocycles. The molecule has 6 nitrogen and oxygen atoms in total. The number of fused-ring (bicyclic) bond motifs is 2. The summed E-state index contributed by atoms with van der Waals surface area (Å²) in [5.41, 5.74) is 3.54. The summed E-state index contributed by atoms with van der Waals surface area (Å²) in [5.74, 6) is 0. The number of aliphatic hydroxyl groups is 2. The Hall–Kier alpha value is -1.97. The van der Waals surface area contributed by atoms with E-state index in [0.717, 1.165) is 26.1 Å². The minimum absolute atomic E-state index is 0.0694. The van der Waals surface area contributed by atoms with E-state index in [9.17, 15) is 0 Å². The van der Waals surface area contributed by atoms with Crippen molar-refractivity contribution in [1.82, 2.24) is 18.8 Å². The molecule has 0 bridgehead atoms. The highest BCUT2D eigenvalue weighted by Gasteiger charge is 1.99. The SMILES string of the molecule is OCc1ccn2c(I)cnc2c1.OCc1ccn2ccnc2c1. The van der Waals surface area contributed by atoms with Crippen LogP contribution in [0.3, 0.4) is 0 Å². The van der Waals surface area contributed by atoms with E-state index in [1.807, 2.05) is 51.7 Å². The van der Waals surface area contributed by atoms with E-state index < -0.39 is 0 Å². The average molecular weight is 422 g/mol. The molecule has 23 heavy (non-hydrogen) atoms. The fourth-order valence-electron chi connectivity index (χ4n) is 2.14. The highest BCUT2D eigenvalue weighted by atomic mass is 127. The molecule has 0 saturated heterocycles. The van der Waals surface area contributed by atoms with Crippen molar-refractivity contribution in [1.29, 1.82) is 0 Å². The quantitative estimate of drug-likeness (QED) is 0.486. The maximum atomic E-state index is 8.86. The van der Waals surface area contributed by atoms with Crippen molar-refractivity contribution in [2.45, 2.75) is 13.2 Å². The summed E-state index contributed by atoms with van der Waals surface area (Å²) in [5, 5.41) is 17.7. The van der Waals surface area contributed by atoms with Crippen LogP contribution in [0, 0.1) is 3.70 Å². The highest BCUT2D eigenvalue weighted by molar-refractivity contribution is 14.1. The summed E-state index contributed by atoms with van der Waals surface area (Å²) in [6.45, 7) is 0.142. The maximum Gasteiger partial charge on any atom is 0.137 e. The van der Waals surface area contributed by atoms with E-state index >= 15 is 0 Å². The van der Waals surface area contributed by atoms with Gasteiger partial charge in [-0.15, -0.1) is 0 Å². The normalized spacial score (nSPS) is 10.7. The van der Waals surface area contributed by atoms with E-state index in [1.54, 1.807) is 12.4 Å². The molecule has 4 rings (SSSR count). The molecule has 7 heteroatoms. The van der Waals surface area contributed by atoms with Gasteiger partial charge in [0.25, 0.3) is 0 Å². The molecule has 0 spiro atoms. The van der Waals surface area contributed by atoms with Gasteiger partial charge in [0.1, 0.15) is 15.0 Å². The zero-order chi connectivity index (χ0) is 16.2. The summed E-state index contributed by atoms with van der Waals surface area (Å²) in [6, 6.07) is 7.49. The van der Waals surface area contributed by atoms with Gasteiger partial charge in [-0.3, -0.25) is 4.40 Å². The summed E-state index contributed by atoms with van der Waals surface area (Å²) in [6.07, 6.45) is 9.20. The molecule has 0 aromatic carbocycles. The molecule has 118 valence electrons. The second-order valence-electron chi connectivity index (χ2n) is 4.89. The highest BCUT2D eigenvalue weighted by Crippen LogP contribution is 2.10. The predicted octanol–water partition coefficient (Wildman–Crippen LogP) is 2.26. The smallest absolute Gasteiger partial charge is 0.137 e. The lowest BCUT2D eigenvalue weighted by Crippen LogP contribution is -1.89. The maximum absolute atomic E-state index is 8.86. The lowest BCUT2D eigenvalue weighted by atomic mass is 10.3. The molecule has 4 heterocycles. The number of rotatable bonds is 2. The minimum Gasteiger partial charge on any atom is -0.392 e. The number of hydrogen-bond donors (Lipinski definition) is 2. The minimum atomic E-state index is 0.0694. The largest absolute Gasteiger partial charge is 0.392 e. The van der Waals surface area contributed by atoms with Crippen molar-refractivity contribution in [3.05, 3.63) is 70.1 Å². The van der Waals surface area contributed by atoms with Gasteiger partial charge in [0, 0.05) is 24.8 Å². The molecule has 0 radical (unpaired) electrons.